The molecule has 0 bridgehead atoms. The monoisotopic (exact) mass is 231 g/mol. The third kappa shape index (κ3) is 5.67. The van der Waals surface area contributed by atoms with E-state index in [9.17, 15) is 0 Å². The first-order valence-electron chi connectivity index (χ1n) is 5.64. The molecule has 0 saturated heterocycles. The molecule has 1 rings (SSSR count). The first-order valence-corrected chi connectivity index (χ1v) is 5.64. The molecule has 4 heteroatoms. The summed E-state index contributed by atoms with van der Waals surface area (Å²) in [6.45, 7) is 6.43. The van der Waals surface area contributed by atoms with Gasteiger partial charge in [0.25, 0.3) is 0 Å². The summed E-state index contributed by atoms with van der Waals surface area (Å²) in [5.74, 6) is 1.01. The Kier molecular flexibility index (Phi) is 8.19. The maximum absolute atomic E-state index is 4.40. The molecular formula is C11H22ClN3. The van der Waals surface area contributed by atoms with Crippen LogP contribution < -0.4 is 5.32 Å². The van der Waals surface area contributed by atoms with Gasteiger partial charge in [0.1, 0.15) is 5.82 Å². The average molecular weight is 232 g/mol. The van der Waals surface area contributed by atoms with Crippen molar-refractivity contribution in [2.45, 2.75) is 46.1 Å². The maximum Gasteiger partial charge on any atom is 0.147 e. The lowest BCUT2D eigenvalue weighted by Gasteiger charge is -2.01. The molecule has 1 aromatic rings. The predicted octanol–water partition coefficient (Wildman–Crippen LogP) is 3.32. The smallest absolute Gasteiger partial charge is 0.147 e. The van der Waals surface area contributed by atoms with Crippen LogP contribution in [0.25, 0.3) is 0 Å². The van der Waals surface area contributed by atoms with Crippen molar-refractivity contribution in [1.82, 2.24) is 9.78 Å². The first kappa shape index (κ1) is 14.3. The van der Waals surface area contributed by atoms with E-state index in [0.717, 1.165) is 25.3 Å². The van der Waals surface area contributed by atoms with Gasteiger partial charge in [-0.15, -0.1) is 12.4 Å². The van der Waals surface area contributed by atoms with Gasteiger partial charge in [0.15, 0.2) is 0 Å². The number of unbranched alkanes of at least 4 members (excludes halogenated alkanes) is 2. The molecule has 0 fully saturated rings. The van der Waals surface area contributed by atoms with Crippen LogP contribution in [0.2, 0.25) is 0 Å². The van der Waals surface area contributed by atoms with Crippen LogP contribution in [0.1, 0.15) is 39.5 Å². The number of halogens is 1. The van der Waals surface area contributed by atoms with E-state index in [0.29, 0.717) is 0 Å². The lowest BCUT2D eigenvalue weighted by atomic mass is 10.2. The molecule has 0 spiro atoms. The first-order chi connectivity index (χ1) is 6.86. The zero-order valence-electron chi connectivity index (χ0n) is 9.70. The Morgan fingerprint density at radius 2 is 2.07 bits per heavy atom. The fourth-order valence-electron chi connectivity index (χ4n) is 1.40. The maximum atomic E-state index is 4.40. The number of aryl methyl sites for hydroxylation is 1. The van der Waals surface area contributed by atoms with Crippen LogP contribution in [0.5, 0.6) is 0 Å². The second-order valence-electron chi connectivity index (χ2n) is 3.60. The zero-order chi connectivity index (χ0) is 10.2. The molecule has 0 aliphatic carbocycles. The molecule has 0 unspecified atom stereocenters. The van der Waals surface area contributed by atoms with E-state index in [1.165, 1.54) is 19.3 Å². The predicted molar refractivity (Wildman–Crippen MR) is 67.8 cm³/mol. The van der Waals surface area contributed by atoms with E-state index in [1.807, 2.05) is 16.9 Å². The third-order valence-corrected chi connectivity index (χ3v) is 2.18. The standard InChI is InChI=1S/C11H21N3.ClH/c1-3-5-6-8-12-11-7-10-14(13-11)9-4-2;/h7,10H,3-6,8-9H2,1-2H3,(H,12,13);1H. The number of rotatable bonds is 7. The molecule has 3 nitrogen and oxygen atoms in total. The van der Waals surface area contributed by atoms with Gasteiger partial charge < -0.3 is 5.32 Å². The van der Waals surface area contributed by atoms with Crippen LogP contribution in [0.15, 0.2) is 12.3 Å². The van der Waals surface area contributed by atoms with Crippen LogP contribution in [0.3, 0.4) is 0 Å². The summed E-state index contributed by atoms with van der Waals surface area (Å²) in [6.07, 6.45) is 6.97. The van der Waals surface area contributed by atoms with Crippen LogP contribution in [-0.4, -0.2) is 16.3 Å². The van der Waals surface area contributed by atoms with Crippen molar-refractivity contribution in [2.24, 2.45) is 0 Å². The Morgan fingerprint density at radius 3 is 2.73 bits per heavy atom. The van der Waals surface area contributed by atoms with Gasteiger partial charge in [-0.25, -0.2) is 0 Å². The van der Waals surface area contributed by atoms with Crippen LogP contribution in [-0.2, 0) is 6.54 Å². The SMILES string of the molecule is CCCCCNc1ccn(CCC)n1.Cl. The van der Waals surface area contributed by atoms with Crippen molar-refractivity contribution < 1.29 is 0 Å². The van der Waals surface area contributed by atoms with Crippen LogP contribution in [0, 0.1) is 0 Å². The van der Waals surface area contributed by atoms with Crippen molar-refractivity contribution in [3.05, 3.63) is 12.3 Å². The average Bonchev–Trinajstić information content (AvgIpc) is 2.61. The molecule has 1 aromatic heterocycles. The third-order valence-electron chi connectivity index (χ3n) is 2.18. The van der Waals surface area contributed by atoms with Crippen molar-refractivity contribution in [3.63, 3.8) is 0 Å². The lowest BCUT2D eigenvalue weighted by molar-refractivity contribution is 0.603. The molecule has 88 valence electrons. The quantitative estimate of drug-likeness (QED) is 0.730. The van der Waals surface area contributed by atoms with Gasteiger partial charge in [-0.3, -0.25) is 4.68 Å². The minimum atomic E-state index is 0. The Labute approximate surface area is 98.7 Å². The normalized spacial score (nSPS) is 9.73. The molecule has 1 N–H and O–H groups in total. The highest BCUT2D eigenvalue weighted by Crippen LogP contribution is 2.03. The van der Waals surface area contributed by atoms with Gasteiger partial charge >= 0.3 is 0 Å². The largest absolute Gasteiger partial charge is 0.369 e. The number of hydrogen-bond donors (Lipinski definition) is 1. The van der Waals surface area contributed by atoms with Gasteiger partial charge in [0.05, 0.1) is 0 Å². The van der Waals surface area contributed by atoms with E-state index >= 15 is 0 Å². The van der Waals surface area contributed by atoms with E-state index < -0.39 is 0 Å². The second kappa shape index (κ2) is 8.60. The molecular weight excluding hydrogens is 210 g/mol. The summed E-state index contributed by atoms with van der Waals surface area (Å²) < 4.78 is 1.99. The van der Waals surface area contributed by atoms with Crippen molar-refractivity contribution in [1.29, 1.82) is 0 Å². The number of anilines is 1. The molecule has 15 heavy (non-hydrogen) atoms. The Morgan fingerprint density at radius 1 is 1.27 bits per heavy atom. The Bertz CT molecular complexity index is 248. The van der Waals surface area contributed by atoms with E-state index in [1.54, 1.807) is 0 Å². The summed E-state index contributed by atoms with van der Waals surface area (Å²) in [7, 11) is 0. The van der Waals surface area contributed by atoms with Crippen LogP contribution in [0.4, 0.5) is 5.82 Å². The fourth-order valence-corrected chi connectivity index (χ4v) is 1.40. The van der Waals surface area contributed by atoms with E-state index in [-0.39, 0.29) is 12.4 Å². The highest BCUT2D eigenvalue weighted by Gasteiger charge is 1.96. The molecule has 0 saturated carbocycles. The van der Waals surface area contributed by atoms with Gasteiger partial charge in [-0.2, -0.15) is 5.10 Å². The zero-order valence-corrected chi connectivity index (χ0v) is 10.5. The highest BCUT2D eigenvalue weighted by molar-refractivity contribution is 5.85. The summed E-state index contributed by atoms with van der Waals surface area (Å²) in [5, 5.41) is 7.73. The molecule has 0 aliphatic rings. The number of nitrogens with zero attached hydrogens (tertiary/aromatic N) is 2. The van der Waals surface area contributed by atoms with E-state index in [4.69, 9.17) is 0 Å². The summed E-state index contributed by atoms with van der Waals surface area (Å²) in [6, 6.07) is 2.04. The van der Waals surface area contributed by atoms with Gasteiger partial charge in [-0.1, -0.05) is 26.7 Å². The minimum absolute atomic E-state index is 0. The topological polar surface area (TPSA) is 29.9 Å². The van der Waals surface area contributed by atoms with Crippen LogP contribution >= 0.6 is 12.4 Å². The van der Waals surface area contributed by atoms with Gasteiger partial charge in [0, 0.05) is 25.4 Å². The van der Waals surface area contributed by atoms with Crippen molar-refractivity contribution in [2.75, 3.05) is 11.9 Å². The van der Waals surface area contributed by atoms with Gasteiger partial charge in [0.2, 0.25) is 0 Å². The van der Waals surface area contributed by atoms with Crippen molar-refractivity contribution >= 4 is 18.2 Å². The lowest BCUT2D eigenvalue weighted by Crippen LogP contribution is -2.03. The fraction of sp³-hybridized carbons (Fsp3) is 0.727. The molecule has 0 aromatic carbocycles. The summed E-state index contributed by atoms with van der Waals surface area (Å²) in [5.41, 5.74) is 0. The Hall–Kier alpha value is -0.700. The molecule has 0 radical (unpaired) electrons. The van der Waals surface area contributed by atoms with Crippen molar-refractivity contribution in [3.8, 4) is 0 Å². The van der Waals surface area contributed by atoms with E-state index in [2.05, 4.69) is 24.3 Å². The molecule has 0 atom stereocenters. The summed E-state index contributed by atoms with van der Waals surface area (Å²) in [4.78, 5) is 0. The Balaban J connectivity index is 0.00000196. The summed E-state index contributed by atoms with van der Waals surface area (Å²) >= 11 is 0. The molecule has 0 aliphatic heterocycles. The highest BCUT2D eigenvalue weighted by atomic mass is 35.5. The number of aromatic nitrogens is 2. The second-order valence-corrected chi connectivity index (χ2v) is 3.60. The number of hydrogen-bond acceptors (Lipinski definition) is 2. The van der Waals surface area contributed by atoms with Gasteiger partial charge in [-0.05, 0) is 12.8 Å². The number of nitrogens with one attached hydrogen (secondary N) is 1. The minimum Gasteiger partial charge on any atom is -0.369 e. The molecule has 0 amide bonds. The molecule has 1 heterocycles.